The molecule has 3 N–H and O–H groups in total. The van der Waals surface area contributed by atoms with Gasteiger partial charge in [-0.05, 0) is 43.3 Å². The lowest BCUT2D eigenvalue weighted by Crippen LogP contribution is -2.11. The van der Waals surface area contributed by atoms with Crippen LogP contribution in [0.3, 0.4) is 0 Å². The van der Waals surface area contributed by atoms with E-state index in [1.807, 2.05) is 19.1 Å². The maximum absolute atomic E-state index is 14.0. The molecule has 3 aromatic rings. The first kappa shape index (κ1) is 16.1. The van der Waals surface area contributed by atoms with Crippen LogP contribution in [0.2, 0.25) is 0 Å². The normalized spacial score (nSPS) is 10.6. The zero-order valence-electron chi connectivity index (χ0n) is 12.6. The number of carbonyl (C=O) groups excluding carboxylic acids is 1. The number of rotatable bonds is 4. The van der Waals surface area contributed by atoms with Crippen LogP contribution in [0, 0.1) is 18.6 Å². The molecule has 3 rings (SSSR count). The Hall–Kier alpha value is -2.80. The Kier molecular flexibility index (Phi) is 4.26. The highest BCUT2D eigenvalue weighted by Crippen LogP contribution is 2.38. The van der Waals surface area contributed by atoms with Crippen LogP contribution in [0.15, 0.2) is 42.5 Å². The number of pyridine rings is 1. The SMILES string of the molecule is Cc1cccc(Nc2sc(-c3cc(F)ccc3F)cc2C(N)=O)n1. The second-order valence-corrected chi connectivity index (χ2v) is 6.18. The summed E-state index contributed by atoms with van der Waals surface area (Å²) in [5, 5.41) is 3.44. The molecule has 2 heterocycles. The minimum Gasteiger partial charge on any atom is -0.366 e. The molecule has 0 saturated heterocycles. The molecule has 0 spiro atoms. The molecular weight excluding hydrogens is 332 g/mol. The van der Waals surface area contributed by atoms with Crippen molar-refractivity contribution < 1.29 is 13.6 Å². The Balaban J connectivity index is 2.05. The van der Waals surface area contributed by atoms with Crippen molar-refractivity contribution in [3.05, 3.63) is 65.4 Å². The Bertz CT molecular complexity index is 924. The highest BCUT2D eigenvalue weighted by atomic mass is 32.1. The number of hydrogen-bond acceptors (Lipinski definition) is 4. The van der Waals surface area contributed by atoms with Crippen LogP contribution in [0.25, 0.3) is 10.4 Å². The molecular formula is C17H13F2N3OS. The van der Waals surface area contributed by atoms with E-state index >= 15 is 0 Å². The minimum atomic E-state index is -0.663. The number of amides is 1. The molecule has 0 atom stereocenters. The van der Waals surface area contributed by atoms with Gasteiger partial charge in [0.05, 0.1) is 5.56 Å². The van der Waals surface area contributed by atoms with E-state index in [2.05, 4.69) is 10.3 Å². The number of carbonyl (C=O) groups is 1. The summed E-state index contributed by atoms with van der Waals surface area (Å²) >= 11 is 1.11. The Morgan fingerprint density at radius 1 is 1.21 bits per heavy atom. The van der Waals surface area contributed by atoms with E-state index in [0.29, 0.717) is 15.7 Å². The Morgan fingerprint density at radius 2 is 2.00 bits per heavy atom. The second kappa shape index (κ2) is 6.37. The highest BCUT2D eigenvalue weighted by molar-refractivity contribution is 7.19. The summed E-state index contributed by atoms with van der Waals surface area (Å²) in [5.41, 5.74) is 6.47. The predicted octanol–water partition coefficient (Wildman–Crippen LogP) is 4.24. The zero-order valence-corrected chi connectivity index (χ0v) is 13.5. The molecule has 0 unspecified atom stereocenters. The molecule has 0 radical (unpaired) electrons. The molecule has 0 aliphatic heterocycles. The van der Waals surface area contributed by atoms with Gasteiger partial charge < -0.3 is 11.1 Å². The molecule has 2 aromatic heterocycles. The molecule has 122 valence electrons. The van der Waals surface area contributed by atoms with Gasteiger partial charge in [0.1, 0.15) is 22.5 Å². The molecule has 0 saturated carbocycles. The number of benzene rings is 1. The van der Waals surface area contributed by atoms with E-state index in [-0.39, 0.29) is 11.1 Å². The number of halogens is 2. The Morgan fingerprint density at radius 3 is 2.71 bits per heavy atom. The molecule has 1 aromatic carbocycles. The predicted molar refractivity (Wildman–Crippen MR) is 90.4 cm³/mol. The first-order valence-corrected chi connectivity index (χ1v) is 7.85. The van der Waals surface area contributed by atoms with Gasteiger partial charge in [-0.15, -0.1) is 11.3 Å². The summed E-state index contributed by atoms with van der Waals surface area (Å²) in [7, 11) is 0. The topological polar surface area (TPSA) is 68.0 Å². The summed E-state index contributed by atoms with van der Waals surface area (Å²) < 4.78 is 27.4. The van der Waals surface area contributed by atoms with Gasteiger partial charge >= 0.3 is 0 Å². The highest BCUT2D eigenvalue weighted by Gasteiger charge is 2.18. The van der Waals surface area contributed by atoms with Gasteiger partial charge in [-0.2, -0.15) is 0 Å². The van der Waals surface area contributed by atoms with Crippen LogP contribution in [0.5, 0.6) is 0 Å². The largest absolute Gasteiger partial charge is 0.366 e. The fourth-order valence-electron chi connectivity index (χ4n) is 2.21. The summed E-state index contributed by atoms with van der Waals surface area (Å²) in [4.78, 5) is 16.4. The van der Waals surface area contributed by atoms with Gasteiger partial charge in [0, 0.05) is 16.1 Å². The van der Waals surface area contributed by atoms with Gasteiger partial charge in [0.15, 0.2) is 0 Å². The van der Waals surface area contributed by atoms with Gasteiger partial charge in [0.2, 0.25) is 0 Å². The first-order valence-electron chi connectivity index (χ1n) is 7.04. The maximum Gasteiger partial charge on any atom is 0.251 e. The zero-order chi connectivity index (χ0) is 17.3. The minimum absolute atomic E-state index is 0.0766. The molecule has 1 amide bonds. The Labute approximate surface area is 141 Å². The van der Waals surface area contributed by atoms with Crippen molar-refractivity contribution in [2.75, 3.05) is 5.32 Å². The van der Waals surface area contributed by atoms with Crippen molar-refractivity contribution >= 4 is 28.1 Å². The summed E-state index contributed by atoms with van der Waals surface area (Å²) in [6.45, 7) is 1.84. The lowest BCUT2D eigenvalue weighted by Gasteiger charge is -2.05. The van der Waals surface area contributed by atoms with Crippen LogP contribution in [0.1, 0.15) is 16.1 Å². The van der Waals surface area contributed by atoms with Gasteiger partial charge in [0.25, 0.3) is 5.91 Å². The summed E-state index contributed by atoms with van der Waals surface area (Å²) in [6, 6.07) is 10.0. The second-order valence-electron chi connectivity index (χ2n) is 5.13. The van der Waals surface area contributed by atoms with E-state index in [1.165, 1.54) is 6.07 Å². The van der Waals surface area contributed by atoms with E-state index < -0.39 is 17.5 Å². The molecule has 0 fully saturated rings. The van der Waals surface area contributed by atoms with E-state index in [1.54, 1.807) is 6.07 Å². The molecule has 7 heteroatoms. The van der Waals surface area contributed by atoms with E-state index in [4.69, 9.17) is 5.73 Å². The quantitative estimate of drug-likeness (QED) is 0.743. The molecule has 0 bridgehead atoms. The lowest BCUT2D eigenvalue weighted by molar-refractivity contribution is 0.100. The number of primary amides is 1. The molecule has 0 aliphatic carbocycles. The van der Waals surface area contributed by atoms with E-state index in [0.717, 1.165) is 35.2 Å². The lowest BCUT2D eigenvalue weighted by atomic mass is 10.1. The van der Waals surface area contributed by atoms with Crippen molar-refractivity contribution in [1.29, 1.82) is 0 Å². The van der Waals surface area contributed by atoms with Crippen molar-refractivity contribution in [2.45, 2.75) is 6.92 Å². The van der Waals surface area contributed by atoms with Crippen LogP contribution in [0.4, 0.5) is 19.6 Å². The van der Waals surface area contributed by atoms with Crippen molar-refractivity contribution in [1.82, 2.24) is 4.98 Å². The van der Waals surface area contributed by atoms with E-state index in [9.17, 15) is 13.6 Å². The summed E-state index contributed by atoms with van der Waals surface area (Å²) in [5.74, 6) is -1.26. The number of nitrogens with one attached hydrogen (secondary N) is 1. The third kappa shape index (κ3) is 3.26. The number of anilines is 2. The van der Waals surface area contributed by atoms with Crippen LogP contribution >= 0.6 is 11.3 Å². The molecule has 0 aliphatic rings. The number of aromatic nitrogens is 1. The fourth-order valence-corrected chi connectivity index (χ4v) is 3.30. The van der Waals surface area contributed by atoms with Crippen LogP contribution < -0.4 is 11.1 Å². The third-order valence-corrected chi connectivity index (χ3v) is 4.41. The standard InChI is InChI=1S/C17H13F2N3OS/c1-9-3-2-4-15(21-9)22-17-12(16(20)23)8-14(24-17)11-7-10(18)5-6-13(11)19/h2-8H,1H3,(H2,20,23)(H,21,22). The monoisotopic (exact) mass is 345 g/mol. The third-order valence-electron chi connectivity index (χ3n) is 3.32. The fraction of sp³-hybridized carbons (Fsp3) is 0.0588. The average molecular weight is 345 g/mol. The van der Waals surface area contributed by atoms with Crippen molar-refractivity contribution in [3.63, 3.8) is 0 Å². The number of nitrogens with two attached hydrogens (primary N) is 1. The van der Waals surface area contributed by atoms with Crippen molar-refractivity contribution in [2.24, 2.45) is 5.73 Å². The average Bonchev–Trinajstić information content (AvgIpc) is 2.93. The first-order chi connectivity index (χ1) is 11.4. The van der Waals surface area contributed by atoms with Crippen LogP contribution in [-0.2, 0) is 0 Å². The number of nitrogens with zero attached hydrogens (tertiary/aromatic N) is 1. The van der Waals surface area contributed by atoms with Crippen LogP contribution in [-0.4, -0.2) is 10.9 Å². The number of thiophene rings is 1. The summed E-state index contributed by atoms with van der Waals surface area (Å²) in [6.07, 6.45) is 0. The smallest absolute Gasteiger partial charge is 0.251 e. The van der Waals surface area contributed by atoms with Gasteiger partial charge in [-0.3, -0.25) is 4.79 Å². The van der Waals surface area contributed by atoms with Crippen molar-refractivity contribution in [3.8, 4) is 10.4 Å². The maximum atomic E-state index is 14.0. The van der Waals surface area contributed by atoms with Gasteiger partial charge in [-0.25, -0.2) is 13.8 Å². The number of aryl methyl sites for hydroxylation is 1. The van der Waals surface area contributed by atoms with Gasteiger partial charge in [-0.1, -0.05) is 6.07 Å². The number of hydrogen-bond donors (Lipinski definition) is 2. The molecule has 4 nitrogen and oxygen atoms in total. The molecule has 24 heavy (non-hydrogen) atoms.